The van der Waals surface area contributed by atoms with Crippen LogP contribution in [0, 0.1) is 20.0 Å². The van der Waals surface area contributed by atoms with Crippen molar-refractivity contribution in [3.63, 3.8) is 0 Å². The first-order valence-electron chi connectivity index (χ1n) is 3.04. The fraction of sp³-hybridized carbons (Fsp3) is 0.300. The van der Waals surface area contributed by atoms with Crippen LogP contribution in [-0.4, -0.2) is 0 Å². The van der Waals surface area contributed by atoms with Gasteiger partial charge in [-0.15, -0.1) is 0 Å². The van der Waals surface area contributed by atoms with Crippen molar-refractivity contribution in [3.8, 4) is 0 Å². The molecule has 14 heavy (non-hydrogen) atoms. The Morgan fingerprint density at radius 3 is 1.14 bits per heavy atom. The van der Waals surface area contributed by atoms with Crippen molar-refractivity contribution in [2.75, 3.05) is 0 Å². The molecule has 0 aromatic carbocycles. The van der Waals surface area contributed by atoms with Gasteiger partial charge in [-0.3, -0.25) is 0 Å². The van der Waals surface area contributed by atoms with Crippen molar-refractivity contribution in [1.82, 2.24) is 0 Å². The van der Waals surface area contributed by atoms with Gasteiger partial charge in [-0.1, -0.05) is 23.8 Å². The summed E-state index contributed by atoms with van der Waals surface area (Å²) in [4.78, 5) is 0. The van der Waals surface area contributed by atoms with Crippen molar-refractivity contribution in [3.05, 3.63) is 43.8 Å². The molecule has 0 radical (unpaired) electrons. The van der Waals surface area contributed by atoms with Crippen molar-refractivity contribution in [2.24, 2.45) is 0 Å². The van der Waals surface area contributed by atoms with Gasteiger partial charge in [-0.25, -0.2) is 0 Å². The maximum absolute atomic E-state index is 7.50. The van der Waals surface area contributed by atoms with E-state index in [0.29, 0.717) is 0 Å². The van der Waals surface area contributed by atoms with Gasteiger partial charge in [0.25, 0.3) is 0 Å². The molecule has 0 heterocycles. The molecule has 4 heteroatoms. The molecule has 0 saturated carbocycles. The van der Waals surface area contributed by atoms with Crippen LogP contribution in [0.15, 0.2) is 23.8 Å². The van der Waals surface area contributed by atoms with Gasteiger partial charge in [-0.05, 0) is 20.8 Å². The Morgan fingerprint density at radius 1 is 0.929 bits per heavy atom. The second-order valence-electron chi connectivity index (χ2n) is 2.07. The van der Waals surface area contributed by atoms with Gasteiger partial charge in [0.05, 0.1) is 0 Å². The van der Waals surface area contributed by atoms with E-state index in [1.165, 1.54) is 5.57 Å². The van der Waals surface area contributed by atoms with Gasteiger partial charge in [0, 0.05) is 17.1 Å². The normalized spacial score (nSPS) is 4.36. The molecule has 3 nitrogen and oxygen atoms in total. The van der Waals surface area contributed by atoms with Gasteiger partial charge >= 0.3 is 33.9 Å². The van der Waals surface area contributed by atoms with E-state index < -0.39 is 0 Å². The SMILES string of the molecule is C=C(C)C=C(C)C.[C-]#[O+].[C-]#[O+].[C-]#[O+].[Fe]. The van der Waals surface area contributed by atoms with Gasteiger partial charge in [0.1, 0.15) is 0 Å². The summed E-state index contributed by atoms with van der Waals surface area (Å²) >= 11 is 0. The predicted octanol–water partition coefficient (Wildman–Crippen LogP) is 2.41. The van der Waals surface area contributed by atoms with Crippen LogP contribution in [0.25, 0.3) is 0 Å². The van der Waals surface area contributed by atoms with Gasteiger partial charge in [0.2, 0.25) is 0 Å². The molecule has 0 aliphatic carbocycles. The molecule has 78 valence electrons. The van der Waals surface area contributed by atoms with Crippen LogP contribution in [0.5, 0.6) is 0 Å². The minimum Gasteiger partial charge on any atom is 0 e. The quantitative estimate of drug-likeness (QED) is 0.290. The van der Waals surface area contributed by atoms with Crippen LogP contribution in [-0.2, 0) is 31.0 Å². The summed E-state index contributed by atoms with van der Waals surface area (Å²) in [5, 5.41) is 0. The molecule has 0 saturated heterocycles. The summed E-state index contributed by atoms with van der Waals surface area (Å²) in [6, 6.07) is 0. The molecular weight excluding hydrogens is 224 g/mol. The molecule has 0 aromatic rings. The van der Waals surface area contributed by atoms with Crippen LogP contribution in [0.1, 0.15) is 20.8 Å². The van der Waals surface area contributed by atoms with E-state index in [1.807, 2.05) is 6.92 Å². The van der Waals surface area contributed by atoms with Crippen molar-refractivity contribution in [2.45, 2.75) is 20.8 Å². The summed E-state index contributed by atoms with van der Waals surface area (Å²) in [6.07, 6.45) is 2.06. The summed E-state index contributed by atoms with van der Waals surface area (Å²) in [6.45, 7) is 23.3. The zero-order valence-electron chi connectivity index (χ0n) is 8.36. The molecule has 0 unspecified atom stereocenters. The zero-order chi connectivity index (χ0) is 11.9. The number of rotatable bonds is 1. The molecule has 0 aromatic heterocycles. The molecule has 0 aliphatic heterocycles. The molecule has 0 spiro atoms. The molecule has 0 fully saturated rings. The smallest absolute Gasteiger partial charge is 0 e. The van der Waals surface area contributed by atoms with Gasteiger partial charge in [0.15, 0.2) is 0 Å². The van der Waals surface area contributed by atoms with Crippen LogP contribution < -0.4 is 0 Å². The fourth-order valence-electron chi connectivity index (χ4n) is 0.493. The monoisotopic (exact) mass is 236 g/mol. The van der Waals surface area contributed by atoms with E-state index in [9.17, 15) is 0 Å². The maximum atomic E-state index is 7.50. The first kappa shape index (κ1) is 29.2. The Labute approximate surface area is 95.9 Å². The molecular formula is C10H12FeO3. The van der Waals surface area contributed by atoms with Crippen LogP contribution in [0.2, 0.25) is 0 Å². The zero-order valence-corrected chi connectivity index (χ0v) is 9.47. The molecule has 0 amide bonds. The van der Waals surface area contributed by atoms with Crippen LogP contribution >= 0.6 is 0 Å². The summed E-state index contributed by atoms with van der Waals surface area (Å²) in [7, 11) is 0. The van der Waals surface area contributed by atoms with E-state index >= 15 is 0 Å². The first-order chi connectivity index (χ1) is 6.13. The van der Waals surface area contributed by atoms with E-state index in [4.69, 9.17) is 14.0 Å². The third kappa shape index (κ3) is 113. The maximum Gasteiger partial charge on any atom is 0 e. The summed E-state index contributed by atoms with van der Waals surface area (Å²) in [5.74, 6) is 0. The van der Waals surface area contributed by atoms with Crippen LogP contribution in [0.3, 0.4) is 0 Å². The van der Waals surface area contributed by atoms with E-state index in [-0.39, 0.29) is 17.1 Å². The average molecular weight is 236 g/mol. The Hall–Kier alpha value is -0.781. The molecule has 0 N–H and O–H groups in total. The van der Waals surface area contributed by atoms with Gasteiger partial charge in [-0.2, -0.15) is 0 Å². The number of hydrogen-bond donors (Lipinski definition) is 0. The second kappa shape index (κ2) is 39.8. The topological polar surface area (TPSA) is 59.7 Å². The Bertz CT molecular complexity index is 181. The van der Waals surface area contributed by atoms with Crippen LogP contribution in [0.4, 0.5) is 0 Å². The van der Waals surface area contributed by atoms with Crippen molar-refractivity contribution >= 4 is 0 Å². The molecule has 0 bridgehead atoms. The number of allylic oxidation sites excluding steroid dienone is 3. The molecule has 0 aliphatic rings. The second-order valence-corrected chi connectivity index (χ2v) is 2.07. The third-order valence-electron chi connectivity index (χ3n) is 0.535. The van der Waals surface area contributed by atoms with Gasteiger partial charge < -0.3 is 0 Å². The fourth-order valence-corrected chi connectivity index (χ4v) is 0.493. The van der Waals surface area contributed by atoms with E-state index in [0.717, 1.165) is 5.57 Å². The Kier molecular flexibility index (Phi) is 83.0. The largest absolute Gasteiger partial charge is 0 e. The van der Waals surface area contributed by atoms with Crippen molar-refractivity contribution in [1.29, 1.82) is 0 Å². The molecule has 0 rings (SSSR count). The average Bonchev–Trinajstić information content (AvgIpc) is 2.12. The Balaban J connectivity index is -0.0000000332. The summed E-state index contributed by atoms with van der Waals surface area (Å²) in [5.41, 5.74) is 2.44. The summed E-state index contributed by atoms with van der Waals surface area (Å²) < 4.78 is 22.5. The van der Waals surface area contributed by atoms with E-state index in [1.54, 1.807) is 0 Å². The minimum atomic E-state index is 0. The first-order valence-corrected chi connectivity index (χ1v) is 3.04. The van der Waals surface area contributed by atoms with E-state index in [2.05, 4.69) is 46.5 Å². The number of hydrogen-bond acceptors (Lipinski definition) is 0. The standard InChI is InChI=1S/C7H12.3CO.Fe/c1-6(2)5-7(3)4;3*1-2;/h5H,1H2,2-4H3;;;;. The minimum absolute atomic E-state index is 0. The predicted molar refractivity (Wildman–Crippen MR) is 46.0 cm³/mol. The Morgan fingerprint density at radius 2 is 1.14 bits per heavy atom. The third-order valence-corrected chi connectivity index (χ3v) is 0.535. The molecule has 0 atom stereocenters. The van der Waals surface area contributed by atoms with Crippen molar-refractivity contribution < 1.29 is 31.0 Å².